The van der Waals surface area contributed by atoms with Crippen LogP contribution in [-0.2, 0) is 11.2 Å². The largest absolute Gasteiger partial charge is 0.497 e. The fraction of sp³-hybridized carbons (Fsp3) is 0.130. The number of nitrogens with zero attached hydrogens (tertiary/aromatic N) is 1. The summed E-state index contributed by atoms with van der Waals surface area (Å²) in [6, 6.07) is 21.9. The fourth-order valence-corrected chi connectivity index (χ4v) is 4.10. The van der Waals surface area contributed by atoms with Gasteiger partial charge in [0.05, 0.1) is 19.2 Å². The van der Waals surface area contributed by atoms with E-state index in [1.807, 2.05) is 61.5 Å². The highest BCUT2D eigenvalue weighted by atomic mass is 32.1. The maximum absolute atomic E-state index is 12.6. The second kappa shape index (κ2) is 7.82. The molecule has 1 heterocycles. The summed E-state index contributed by atoms with van der Waals surface area (Å²) in [4.78, 5) is 18.3. The van der Waals surface area contributed by atoms with Gasteiger partial charge < -0.3 is 10.1 Å². The van der Waals surface area contributed by atoms with Gasteiger partial charge in [-0.05, 0) is 47.5 Å². The van der Waals surface area contributed by atoms with Gasteiger partial charge in [0.1, 0.15) is 5.75 Å². The number of nitrogens with one attached hydrogen (secondary N) is 1. The zero-order valence-electron chi connectivity index (χ0n) is 15.7. The van der Waals surface area contributed by atoms with Gasteiger partial charge in [0, 0.05) is 10.4 Å². The van der Waals surface area contributed by atoms with Crippen LogP contribution in [0.5, 0.6) is 5.75 Å². The Morgan fingerprint density at radius 3 is 2.57 bits per heavy atom. The molecule has 0 fully saturated rings. The molecular formula is C23H20N2O2S. The van der Waals surface area contributed by atoms with Crippen molar-refractivity contribution in [2.45, 2.75) is 13.3 Å². The molecule has 0 aliphatic rings. The molecule has 4 rings (SSSR count). The van der Waals surface area contributed by atoms with E-state index in [1.54, 1.807) is 7.11 Å². The highest BCUT2D eigenvalue weighted by Gasteiger charge is 2.13. The molecule has 0 atom stereocenters. The molecule has 1 amide bonds. The summed E-state index contributed by atoms with van der Waals surface area (Å²) in [7, 11) is 1.65. The smallest absolute Gasteiger partial charge is 0.230 e. The van der Waals surface area contributed by atoms with Crippen LogP contribution in [0, 0.1) is 6.92 Å². The van der Waals surface area contributed by atoms with E-state index in [0.717, 1.165) is 38.2 Å². The molecule has 0 aliphatic carbocycles. The zero-order valence-corrected chi connectivity index (χ0v) is 16.5. The quantitative estimate of drug-likeness (QED) is 0.494. The van der Waals surface area contributed by atoms with Gasteiger partial charge in [0.25, 0.3) is 0 Å². The molecule has 0 saturated heterocycles. The van der Waals surface area contributed by atoms with E-state index in [9.17, 15) is 4.79 Å². The summed E-state index contributed by atoms with van der Waals surface area (Å²) >= 11 is 1.49. The van der Waals surface area contributed by atoms with Crippen LogP contribution in [0.1, 0.15) is 10.4 Å². The summed E-state index contributed by atoms with van der Waals surface area (Å²) in [6.07, 6.45) is 0.317. The van der Waals surface area contributed by atoms with E-state index < -0.39 is 0 Å². The summed E-state index contributed by atoms with van der Waals surface area (Å²) < 4.78 is 5.21. The van der Waals surface area contributed by atoms with Gasteiger partial charge in [-0.2, -0.15) is 0 Å². The number of carbonyl (C=O) groups is 1. The second-order valence-electron chi connectivity index (χ2n) is 6.52. The Morgan fingerprint density at radius 2 is 1.79 bits per heavy atom. The Morgan fingerprint density at radius 1 is 1.04 bits per heavy atom. The van der Waals surface area contributed by atoms with Crippen molar-refractivity contribution < 1.29 is 9.53 Å². The second-order valence-corrected chi connectivity index (χ2v) is 7.72. The first-order chi connectivity index (χ1) is 13.6. The molecule has 1 aromatic heterocycles. The number of hydrogen-bond acceptors (Lipinski definition) is 4. The predicted octanol–water partition coefficient (Wildman–Crippen LogP) is 5.46. The minimum atomic E-state index is -0.0635. The number of amides is 1. The summed E-state index contributed by atoms with van der Waals surface area (Å²) in [5.41, 5.74) is 2.90. The van der Waals surface area contributed by atoms with Gasteiger partial charge in [0.15, 0.2) is 5.13 Å². The number of fused-ring (bicyclic) bond motifs is 1. The third-order valence-electron chi connectivity index (χ3n) is 4.64. The van der Waals surface area contributed by atoms with E-state index >= 15 is 0 Å². The van der Waals surface area contributed by atoms with E-state index in [-0.39, 0.29) is 5.91 Å². The first kappa shape index (κ1) is 18.2. The number of thiazole rings is 1. The average Bonchev–Trinajstić information content (AvgIpc) is 3.08. The van der Waals surface area contributed by atoms with Gasteiger partial charge in [-0.1, -0.05) is 42.5 Å². The molecule has 1 N–H and O–H groups in total. The Labute approximate surface area is 167 Å². The van der Waals surface area contributed by atoms with Crippen LogP contribution in [0.3, 0.4) is 0 Å². The van der Waals surface area contributed by atoms with Gasteiger partial charge in [-0.25, -0.2) is 4.98 Å². The molecule has 3 aromatic carbocycles. The summed E-state index contributed by atoms with van der Waals surface area (Å²) in [6.45, 7) is 2.01. The minimum Gasteiger partial charge on any atom is -0.497 e. The lowest BCUT2D eigenvalue weighted by Crippen LogP contribution is -2.14. The number of ether oxygens (including phenoxy) is 1. The lowest BCUT2D eigenvalue weighted by atomic mass is 10.0. The molecule has 0 aliphatic heterocycles. The Bertz CT molecular complexity index is 1130. The van der Waals surface area contributed by atoms with E-state index in [1.165, 1.54) is 11.3 Å². The average molecular weight is 388 g/mol. The first-order valence-corrected chi connectivity index (χ1v) is 9.84. The van der Waals surface area contributed by atoms with Crippen LogP contribution in [0.2, 0.25) is 0 Å². The Balaban J connectivity index is 1.52. The molecule has 0 saturated carbocycles. The van der Waals surface area contributed by atoms with Crippen molar-refractivity contribution in [2.24, 2.45) is 0 Å². The topological polar surface area (TPSA) is 51.2 Å². The van der Waals surface area contributed by atoms with Crippen molar-refractivity contribution in [3.8, 4) is 17.0 Å². The number of carbonyl (C=O) groups excluding carboxylic acids is 1. The van der Waals surface area contributed by atoms with E-state index in [0.29, 0.717) is 11.6 Å². The molecule has 4 aromatic rings. The highest BCUT2D eigenvalue weighted by Crippen LogP contribution is 2.31. The number of rotatable bonds is 5. The molecule has 0 radical (unpaired) electrons. The van der Waals surface area contributed by atoms with Crippen LogP contribution in [-0.4, -0.2) is 18.0 Å². The third-order valence-corrected chi connectivity index (χ3v) is 5.52. The van der Waals surface area contributed by atoms with Crippen molar-refractivity contribution in [3.63, 3.8) is 0 Å². The maximum atomic E-state index is 12.6. The zero-order chi connectivity index (χ0) is 19.5. The predicted molar refractivity (Wildman–Crippen MR) is 115 cm³/mol. The van der Waals surface area contributed by atoms with Crippen LogP contribution in [0.15, 0.2) is 66.7 Å². The molecule has 140 valence electrons. The first-order valence-electron chi connectivity index (χ1n) is 9.02. The van der Waals surface area contributed by atoms with E-state index in [2.05, 4.69) is 22.4 Å². The minimum absolute atomic E-state index is 0.0635. The number of anilines is 1. The van der Waals surface area contributed by atoms with Crippen LogP contribution in [0.4, 0.5) is 5.13 Å². The van der Waals surface area contributed by atoms with Gasteiger partial charge in [-0.15, -0.1) is 11.3 Å². The van der Waals surface area contributed by atoms with Gasteiger partial charge in [0.2, 0.25) is 5.91 Å². The molecule has 0 unspecified atom stereocenters. The standard InChI is InChI=1S/C23H20N2O2S/c1-15-22(17-10-12-19(27-2)13-11-17)25-23(28-15)24-21(26)14-18-8-5-7-16-6-3-4-9-20(16)18/h3-13H,14H2,1-2H3,(H,24,25,26). The van der Waals surface area contributed by atoms with Crippen molar-refractivity contribution >= 4 is 33.1 Å². The lowest BCUT2D eigenvalue weighted by Gasteiger charge is -2.06. The van der Waals surface area contributed by atoms with Gasteiger partial charge in [-0.3, -0.25) is 4.79 Å². The van der Waals surface area contributed by atoms with Crippen molar-refractivity contribution in [1.82, 2.24) is 4.98 Å². The van der Waals surface area contributed by atoms with Crippen LogP contribution in [0.25, 0.3) is 22.0 Å². The lowest BCUT2D eigenvalue weighted by molar-refractivity contribution is -0.115. The van der Waals surface area contributed by atoms with E-state index in [4.69, 9.17) is 4.74 Å². The molecule has 4 nitrogen and oxygen atoms in total. The molecule has 5 heteroatoms. The highest BCUT2D eigenvalue weighted by molar-refractivity contribution is 7.16. The van der Waals surface area contributed by atoms with Crippen molar-refractivity contribution in [2.75, 3.05) is 12.4 Å². The number of methoxy groups -OCH3 is 1. The normalized spacial score (nSPS) is 10.8. The van der Waals surface area contributed by atoms with Crippen LogP contribution < -0.4 is 10.1 Å². The maximum Gasteiger partial charge on any atom is 0.230 e. The van der Waals surface area contributed by atoms with Gasteiger partial charge >= 0.3 is 0 Å². The number of benzene rings is 3. The summed E-state index contributed by atoms with van der Waals surface area (Å²) in [5, 5.41) is 5.82. The monoisotopic (exact) mass is 388 g/mol. The Hall–Kier alpha value is -3.18. The summed E-state index contributed by atoms with van der Waals surface area (Å²) in [5.74, 6) is 0.742. The molecular weight excluding hydrogens is 368 g/mol. The fourth-order valence-electron chi connectivity index (χ4n) is 3.25. The van der Waals surface area contributed by atoms with Crippen molar-refractivity contribution in [3.05, 3.63) is 77.2 Å². The Kier molecular flexibility index (Phi) is 5.08. The number of aryl methyl sites for hydroxylation is 1. The van der Waals surface area contributed by atoms with Crippen molar-refractivity contribution in [1.29, 1.82) is 0 Å². The molecule has 28 heavy (non-hydrogen) atoms. The number of hydrogen-bond donors (Lipinski definition) is 1. The molecule has 0 spiro atoms. The molecule has 0 bridgehead atoms. The van der Waals surface area contributed by atoms with Crippen LogP contribution >= 0.6 is 11.3 Å². The third kappa shape index (κ3) is 3.75. The SMILES string of the molecule is COc1ccc(-c2nc(NC(=O)Cc3cccc4ccccc34)sc2C)cc1. The number of aromatic nitrogens is 1.